The van der Waals surface area contributed by atoms with Crippen LogP contribution in [0.15, 0.2) is 69.8 Å². The van der Waals surface area contributed by atoms with Gasteiger partial charge >= 0.3 is 29.7 Å². The molecule has 0 aliphatic heterocycles. The van der Waals surface area contributed by atoms with E-state index in [1.165, 1.54) is 40.9 Å². The summed E-state index contributed by atoms with van der Waals surface area (Å²) in [5, 5.41) is 3.58. The number of rotatable bonds is 17. The second-order valence-corrected chi connectivity index (χ2v) is 23.5. The van der Waals surface area contributed by atoms with Gasteiger partial charge in [0.15, 0.2) is 11.5 Å². The summed E-state index contributed by atoms with van der Waals surface area (Å²) in [5.41, 5.74) is -2.59. The van der Waals surface area contributed by atoms with Gasteiger partial charge in [0.25, 0.3) is 0 Å². The summed E-state index contributed by atoms with van der Waals surface area (Å²) in [6.07, 6.45) is 0.341. The monoisotopic (exact) mass is 1040 g/mol. The summed E-state index contributed by atoms with van der Waals surface area (Å²) in [6.45, 7) is 21.5. The Balaban J connectivity index is 1.54. The minimum atomic E-state index is -5.91. The Kier molecular flexibility index (Phi) is 15.2. The molecule has 0 atom stereocenters. The van der Waals surface area contributed by atoms with Gasteiger partial charge in [0, 0.05) is 66.8 Å². The number of benzene rings is 2. The van der Waals surface area contributed by atoms with Crippen molar-refractivity contribution in [3.8, 4) is 42.3 Å². The number of ether oxygens (including phenoxy) is 4. The molecule has 7 rings (SSSR count). The first-order chi connectivity index (χ1) is 33.1. The first-order valence-corrected chi connectivity index (χ1v) is 26.2. The number of halogens is 6. The summed E-state index contributed by atoms with van der Waals surface area (Å²) in [4.78, 5) is 26.1. The quantitative estimate of drug-likeness (QED) is 0.0511. The number of hydrogen-bond acceptors (Lipinski definition) is 10. The molecule has 0 fully saturated rings. The summed E-state index contributed by atoms with van der Waals surface area (Å²) in [6, 6.07) is 14.3. The maximum Gasteiger partial charge on any atom is 0.380 e. The zero-order valence-corrected chi connectivity index (χ0v) is 44.3. The minimum absolute atomic E-state index is 0.0133. The zero-order chi connectivity index (χ0) is 52.1. The van der Waals surface area contributed by atoms with E-state index < -0.39 is 52.0 Å². The lowest BCUT2D eigenvalue weighted by Gasteiger charge is -2.26. The van der Waals surface area contributed by atoms with E-state index in [1.807, 2.05) is 79.1 Å². The number of esters is 2. The van der Waals surface area contributed by atoms with E-state index in [0.717, 1.165) is 28.0 Å². The second-order valence-electron chi connectivity index (χ2n) is 20.7. The van der Waals surface area contributed by atoms with Crippen LogP contribution < -0.4 is 9.47 Å². The van der Waals surface area contributed by atoms with Gasteiger partial charge < -0.3 is 23.4 Å². The molecule has 0 saturated carbocycles. The Morgan fingerprint density at radius 2 is 1.10 bits per heavy atom. The fraction of sp³-hybridized carbons (Fsp3) is 0.455. The van der Waals surface area contributed by atoms with Crippen LogP contribution in [-0.2, 0) is 35.3 Å². The van der Waals surface area contributed by atoms with Crippen LogP contribution in [0.5, 0.6) is 11.5 Å². The average molecular weight is 1040 g/mol. The highest BCUT2D eigenvalue weighted by molar-refractivity contribution is 7.26. The van der Waals surface area contributed by atoms with Crippen molar-refractivity contribution < 1.29 is 59.3 Å². The van der Waals surface area contributed by atoms with Crippen LogP contribution >= 0.6 is 34.0 Å². The maximum atomic E-state index is 17.4. The molecule has 7 nitrogen and oxygen atoms in total. The molecule has 0 radical (unpaired) electrons. The molecule has 2 aromatic carbocycles. The van der Waals surface area contributed by atoms with Gasteiger partial charge in [0.2, 0.25) is 0 Å². The van der Waals surface area contributed by atoms with Gasteiger partial charge in [0.1, 0.15) is 11.3 Å². The molecule has 4 heterocycles. The van der Waals surface area contributed by atoms with Crippen molar-refractivity contribution >= 4 is 68.1 Å². The van der Waals surface area contributed by atoms with Crippen LogP contribution in [0.2, 0.25) is 0 Å². The van der Waals surface area contributed by atoms with E-state index >= 15 is 26.3 Å². The Morgan fingerprint density at radius 3 is 1.61 bits per heavy atom. The molecule has 1 aliphatic rings. The Morgan fingerprint density at radius 1 is 0.606 bits per heavy atom. The predicted molar refractivity (Wildman–Crippen MR) is 273 cm³/mol. The lowest BCUT2D eigenvalue weighted by molar-refractivity contribution is -0.254. The summed E-state index contributed by atoms with van der Waals surface area (Å²) in [5.74, 6) is -18.1. The number of fused-ring (bicyclic) bond motifs is 1. The van der Waals surface area contributed by atoms with Crippen LogP contribution in [0.3, 0.4) is 0 Å². The molecule has 1 aliphatic carbocycles. The maximum absolute atomic E-state index is 17.4. The van der Waals surface area contributed by atoms with E-state index in [1.54, 1.807) is 44.2 Å². The Hall–Kier alpha value is -5.06. The molecule has 382 valence electrons. The predicted octanol–water partition coefficient (Wildman–Crippen LogP) is 16.8. The van der Waals surface area contributed by atoms with Crippen molar-refractivity contribution in [2.24, 2.45) is 0 Å². The number of carbonyl (C=O) groups is 2. The van der Waals surface area contributed by atoms with Crippen LogP contribution in [0, 0.1) is 0 Å². The molecule has 71 heavy (non-hydrogen) atoms. The molecule has 4 aromatic heterocycles. The van der Waals surface area contributed by atoms with E-state index in [0.29, 0.717) is 14.6 Å². The topological polar surface area (TPSA) is 84.2 Å². The third kappa shape index (κ3) is 10.7. The van der Waals surface area contributed by atoms with Crippen molar-refractivity contribution in [3.05, 3.63) is 93.2 Å². The van der Waals surface area contributed by atoms with Gasteiger partial charge in [-0.15, -0.1) is 34.0 Å². The minimum Gasteiger partial charge on any atom is -0.490 e. The Bertz CT molecular complexity index is 2930. The van der Waals surface area contributed by atoms with Crippen molar-refractivity contribution in [3.63, 3.8) is 0 Å². The van der Waals surface area contributed by atoms with E-state index in [4.69, 9.17) is 23.4 Å². The fourth-order valence-electron chi connectivity index (χ4n) is 8.17. The molecule has 0 amide bonds. The molecular formula is C55H60F6O7S3. The molecule has 16 heteroatoms. The number of allylic oxidation sites excluding steroid dienone is 2. The normalized spacial score (nSPS) is 15.7. The van der Waals surface area contributed by atoms with Crippen molar-refractivity contribution in [2.75, 3.05) is 26.4 Å². The molecular weight excluding hydrogens is 983 g/mol. The van der Waals surface area contributed by atoms with Crippen LogP contribution in [-0.4, -0.2) is 56.1 Å². The number of furan rings is 1. The SMILES string of the molecule is CCOC(=O)CCCOc1cc2oc(-c3ccc(C(C)(C)C)cc3)c(C3=C(c4cc(-c5cc(C(C)(C)C)cs5)sc4-c4cc(C(C)(C)C)cs4)C(F)(F)C(F)(F)C3(F)F)c2cc1OCCCC(=O)OCC. The third-order valence-corrected chi connectivity index (χ3v) is 15.6. The molecule has 0 N–H and O–H groups in total. The van der Waals surface area contributed by atoms with Gasteiger partial charge in [-0.3, -0.25) is 9.59 Å². The first-order valence-electron chi connectivity index (χ1n) is 23.6. The first kappa shape index (κ1) is 53.7. The second kappa shape index (κ2) is 20.1. The molecule has 0 unspecified atom stereocenters. The van der Waals surface area contributed by atoms with Crippen molar-refractivity contribution in [1.29, 1.82) is 0 Å². The van der Waals surface area contributed by atoms with Gasteiger partial charge in [-0.25, -0.2) is 0 Å². The fourth-order valence-corrected chi connectivity index (χ4v) is 11.8. The molecule has 0 spiro atoms. The molecule has 0 bridgehead atoms. The van der Waals surface area contributed by atoms with E-state index in [-0.39, 0.29) is 107 Å². The largest absolute Gasteiger partial charge is 0.490 e. The zero-order valence-electron chi connectivity index (χ0n) is 41.9. The van der Waals surface area contributed by atoms with Gasteiger partial charge in [-0.05, 0) is 94.7 Å². The van der Waals surface area contributed by atoms with Crippen molar-refractivity contribution in [2.45, 2.75) is 136 Å². The van der Waals surface area contributed by atoms with E-state index in [9.17, 15) is 9.59 Å². The highest BCUT2D eigenvalue weighted by Gasteiger charge is 2.81. The van der Waals surface area contributed by atoms with Gasteiger partial charge in [0.05, 0.1) is 31.3 Å². The summed E-state index contributed by atoms with van der Waals surface area (Å²) >= 11 is 3.66. The lowest BCUT2D eigenvalue weighted by Crippen LogP contribution is -2.48. The number of carbonyl (C=O) groups excluding carboxylic acids is 2. The smallest absolute Gasteiger partial charge is 0.380 e. The number of alkyl halides is 6. The van der Waals surface area contributed by atoms with Gasteiger partial charge in [-0.1, -0.05) is 86.6 Å². The highest BCUT2D eigenvalue weighted by Crippen LogP contribution is 2.68. The molecule has 6 aromatic rings. The summed E-state index contributed by atoms with van der Waals surface area (Å²) < 4.78 is 131. The van der Waals surface area contributed by atoms with Crippen LogP contribution in [0.4, 0.5) is 26.3 Å². The van der Waals surface area contributed by atoms with Crippen LogP contribution in [0.25, 0.3) is 52.9 Å². The Labute approximate surface area is 423 Å². The highest BCUT2D eigenvalue weighted by atomic mass is 32.1. The standard InChI is InChI=1S/C55H60F6O7S3/c1-12-64-43(62)16-14-22-66-38-26-35-37(28-39(38)67-23-15-17-44(63)65-13-2)68-48(31-18-20-32(21-19-31)50(3,4)5)45(35)47-46(53(56,57)55(60,61)54(47,58)59)36-27-41(40-24-33(29-69-40)51(6,7)8)71-49(36)42-25-34(30-70-42)52(9,10)11/h18-21,24-30H,12-17,22-23H2,1-11H3. The number of thiophene rings is 3. The third-order valence-electron chi connectivity index (χ3n) is 12.3. The summed E-state index contributed by atoms with van der Waals surface area (Å²) in [7, 11) is 0. The van der Waals surface area contributed by atoms with Crippen LogP contribution in [0.1, 0.15) is 130 Å². The van der Waals surface area contributed by atoms with Crippen molar-refractivity contribution in [1.82, 2.24) is 0 Å². The average Bonchev–Trinajstić information content (AvgIpc) is 4.12. The lowest BCUT2D eigenvalue weighted by atomic mass is 9.86. The number of hydrogen-bond donors (Lipinski definition) is 0. The van der Waals surface area contributed by atoms with Gasteiger partial charge in [-0.2, -0.15) is 26.3 Å². The molecule has 0 saturated heterocycles. The van der Waals surface area contributed by atoms with E-state index in [2.05, 4.69) is 0 Å².